The Kier molecular flexibility index (Phi) is 3.58. The summed E-state index contributed by atoms with van der Waals surface area (Å²) < 4.78 is 0. The van der Waals surface area contributed by atoms with Crippen molar-refractivity contribution in [2.45, 2.75) is 52.0 Å². The van der Waals surface area contributed by atoms with Gasteiger partial charge in [0.2, 0.25) is 0 Å². The standard InChI is InChI=1S/C16H25N/c1-5-13-6-8-14(9-7-13)16(4)10-15(16)11-17-12(2)3/h6-9,12,15,17H,5,10-11H2,1-4H3. The molecule has 1 N–H and O–H groups in total. The van der Waals surface area contributed by atoms with E-state index in [9.17, 15) is 0 Å². The molecular weight excluding hydrogens is 206 g/mol. The molecule has 2 atom stereocenters. The van der Waals surface area contributed by atoms with Crippen molar-refractivity contribution in [3.05, 3.63) is 35.4 Å². The second kappa shape index (κ2) is 4.81. The third kappa shape index (κ3) is 2.71. The van der Waals surface area contributed by atoms with Crippen LogP contribution < -0.4 is 5.32 Å². The highest BCUT2D eigenvalue weighted by molar-refractivity contribution is 5.35. The maximum absolute atomic E-state index is 3.55. The quantitative estimate of drug-likeness (QED) is 0.817. The molecule has 0 heterocycles. The lowest BCUT2D eigenvalue weighted by molar-refractivity contribution is 0.528. The summed E-state index contributed by atoms with van der Waals surface area (Å²) in [5.74, 6) is 0.817. The second-order valence-corrected chi connectivity index (χ2v) is 5.93. The Balaban J connectivity index is 1.98. The fraction of sp³-hybridized carbons (Fsp3) is 0.625. The summed E-state index contributed by atoms with van der Waals surface area (Å²) >= 11 is 0. The zero-order chi connectivity index (χ0) is 12.5. The normalized spacial score (nSPS) is 27.5. The first-order valence-electron chi connectivity index (χ1n) is 6.89. The smallest absolute Gasteiger partial charge is 0.00104 e. The van der Waals surface area contributed by atoms with Crippen molar-refractivity contribution in [3.63, 3.8) is 0 Å². The predicted molar refractivity (Wildman–Crippen MR) is 74.4 cm³/mol. The van der Waals surface area contributed by atoms with Crippen LogP contribution in [0, 0.1) is 5.92 Å². The third-order valence-electron chi connectivity index (χ3n) is 4.21. The monoisotopic (exact) mass is 231 g/mol. The Bertz CT molecular complexity index is 366. The van der Waals surface area contributed by atoms with E-state index >= 15 is 0 Å². The fourth-order valence-electron chi connectivity index (χ4n) is 2.60. The van der Waals surface area contributed by atoms with Gasteiger partial charge in [0.15, 0.2) is 0 Å². The molecule has 1 aliphatic carbocycles. The largest absolute Gasteiger partial charge is 0.314 e. The van der Waals surface area contributed by atoms with Gasteiger partial charge < -0.3 is 5.32 Å². The minimum Gasteiger partial charge on any atom is -0.314 e. The van der Waals surface area contributed by atoms with Crippen LogP contribution in [0.1, 0.15) is 45.2 Å². The number of rotatable bonds is 5. The van der Waals surface area contributed by atoms with Gasteiger partial charge in [-0.15, -0.1) is 0 Å². The van der Waals surface area contributed by atoms with Crippen LogP contribution >= 0.6 is 0 Å². The molecule has 1 saturated carbocycles. The number of benzene rings is 1. The molecule has 1 nitrogen and oxygen atoms in total. The lowest BCUT2D eigenvalue weighted by Crippen LogP contribution is -2.26. The van der Waals surface area contributed by atoms with Crippen LogP contribution in [0.4, 0.5) is 0 Å². The van der Waals surface area contributed by atoms with Crippen molar-refractivity contribution >= 4 is 0 Å². The first-order chi connectivity index (χ1) is 8.06. The molecule has 0 bridgehead atoms. The molecule has 17 heavy (non-hydrogen) atoms. The summed E-state index contributed by atoms with van der Waals surface area (Å²) in [4.78, 5) is 0. The number of nitrogens with one attached hydrogen (secondary N) is 1. The van der Waals surface area contributed by atoms with E-state index in [4.69, 9.17) is 0 Å². The number of aryl methyl sites for hydroxylation is 1. The maximum atomic E-state index is 3.55. The first kappa shape index (κ1) is 12.6. The molecule has 0 aromatic heterocycles. The lowest BCUT2D eigenvalue weighted by atomic mass is 9.94. The van der Waals surface area contributed by atoms with Gasteiger partial charge in [-0.3, -0.25) is 0 Å². The van der Waals surface area contributed by atoms with Crippen LogP contribution in [0.5, 0.6) is 0 Å². The van der Waals surface area contributed by atoms with E-state index in [0.717, 1.165) is 18.9 Å². The van der Waals surface area contributed by atoms with Gasteiger partial charge in [-0.1, -0.05) is 52.0 Å². The summed E-state index contributed by atoms with van der Waals surface area (Å²) in [7, 11) is 0. The van der Waals surface area contributed by atoms with Crippen LogP contribution in [0.3, 0.4) is 0 Å². The highest BCUT2D eigenvalue weighted by Crippen LogP contribution is 2.53. The van der Waals surface area contributed by atoms with E-state index in [-0.39, 0.29) is 0 Å². The lowest BCUT2D eigenvalue weighted by Gasteiger charge is -2.14. The molecule has 0 amide bonds. The summed E-state index contributed by atoms with van der Waals surface area (Å²) in [6.07, 6.45) is 2.47. The molecule has 1 aromatic carbocycles. The highest BCUT2D eigenvalue weighted by Gasteiger charge is 2.50. The molecule has 0 radical (unpaired) electrons. The van der Waals surface area contributed by atoms with E-state index in [2.05, 4.69) is 57.3 Å². The zero-order valence-corrected chi connectivity index (χ0v) is 11.6. The van der Waals surface area contributed by atoms with Crippen molar-refractivity contribution in [3.8, 4) is 0 Å². The average Bonchev–Trinajstić information content (AvgIpc) is 2.99. The van der Waals surface area contributed by atoms with Gasteiger partial charge in [0.25, 0.3) is 0 Å². The minimum atomic E-state index is 0.425. The number of hydrogen-bond donors (Lipinski definition) is 1. The Morgan fingerprint density at radius 1 is 1.29 bits per heavy atom. The Labute approximate surface area is 106 Å². The van der Waals surface area contributed by atoms with Crippen LogP contribution in [0.25, 0.3) is 0 Å². The van der Waals surface area contributed by atoms with E-state index in [0.29, 0.717) is 11.5 Å². The van der Waals surface area contributed by atoms with Crippen molar-refractivity contribution in [2.24, 2.45) is 5.92 Å². The van der Waals surface area contributed by atoms with Gasteiger partial charge in [0, 0.05) is 6.04 Å². The molecule has 2 unspecified atom stereocenters. The predicted octanol–water partition coefficient (Wildman–Crippen LogP) is 3.52. The van der Waals surface area contributed by atoms with Crippen LogP contribution in [0.15, 0.2) is 24.3 Å². The topological polar surface area (TPSA) is 12.0 Å². The van der Waals surface area contributed by atoms with Crippen molar-refractivity contribution in [1.29, 1.82) is 0 Å². The molecule has 1 fully saturated rings. The molecule has 2 rings (SSSR count). The molecular formula is C16H25N. The highest BCUT2D eigenvalue weighted by atomic mass is 14.9. The van der Waals surface area contributed by atoms with Gasteiger partial charge in [0.05, 0.1) is 0 Å². The fourth-order valence-corrected chi connectivity index (χ4v) is 2.60. The van der Waals surface area contributed by atoms with Crippen LogP contribution in [0.2, 0.25) is 0 Å². The minimum absolute atomic E-state index is 0.425. The van der Waals surface area contributed by atoms with Crippen LogP contribution in [-0.4, -0.2) is 12.6 Å². The zero-order valence-electron chi connectivity index (χ0n) is 11.6. The molecule has 1 aliphatic rings. The molecule has 0 saturated heterocycles. The summed E-state index contributed by atoms with van der Waals surface area (Å²) in [6, 6.07) is 9.82. The van der Waals surface area contributed by atoms with Crippen molar-refractivity contribution < 1.29 is 0 Å². The van der Waals surface area contributed by atoms with E-state index in [1.54, 1.807) is 0 Å². The maximum Gasteiger partial charge on any atom is 0.00104 e. The van der Waals surface area contributed by atoms with E-state index in [1.807, 2.05) is 0 Å². The summed E-state index contributed by atoms with van der Waals surface area (Å²) in [5, 5.41) is 3.55. The SMILES string of the molecule is CCc1ccc(C2(C)CC2CNC(C)C)cc1. The number of hydrogen-bond acceptors (Lipinski definition) is 1. The molecule has 0 aliphatic heterocycles. The molecule has 94 valence electrons. The Hall–Kier alpha value is -0.820. The molecule has 1 aromatic rings. The summed E-state index contributed by atoms with van der Waals surface area (Å²) in [6.45, 7) is 10.2. The molecule has 1 heteroatoms. The molecule has 0 spiro atoms. The van der Waals surface area contributed by atoms with E-state index < -0.39 is 0 Å². The Morgan fingerprint density at radius 2 is 1.94 bits per heavy atom. The van der Waals surface area contributed by atoms with Crippen molar-refractivity contribution in [2.75, 3.05) is 6.54 Å². The van der Waals surface area contributed by atoms with Gasteiger partial charge in [-0.05, 0) is 41.8 Å². The second-order valence-electron chi connectivity index (χ2n) is 5.93. The third-order valence-corrected chi connectivity index (χ3v) is 4.21. The van der Waals surface area contributed by atoms with Gasteiger partial charge in [0.1, 0.15) is 0 Å². The van der Waals surface area contributed by atoms with Gasteiger partial charge >= 0.3 is 0 Å². The average molecular weight is 231 g/mol. The Morgan fingerprint density at radius 3 is 2.47 bits per heavy atom. The first-order valence-corrected chi connectivity index (χ1v) is 6.89. The van der Waals surface area contributed by atoms with E-state index in [1.165, 1.54) is 17.5 Å². The van der Waals surface area contributed by atoms with Gasteiger partial charge in [-0.2, -0.15) is 0 Å². The van der Waals surface area contributed by atoms with Gasteiger partial charge in [-0.25, -0.2) is 0 Å². The van der Waals surface area contributed by atoms with Crippen molar-refractivity contribution in [1.82, 2.24) is 5.32 Å². The summed E-state index contributed by atoms with van der Waals surface area (Å²) in [5.41, 5.74) is 3.38. The van der Waals surface area contributed by atoms with Crippen LogP contribution in [-0.2, 0) is 11.8 Å².